The van der Waals surface area contributed by atoms with Gasteiger partial charge in [0.2, 0.25) is 5.91 Å². The standard InChI is InChI=1S/C10H17F3N2O2/c1-6(9(17)15-5-10(11,12)13)14-4-8(16)7-2-3-7/h6-8,14,16H,2-5H2,1H3,(H,15,17). The summed E-state index contributed by atoms with van der Waals surface area (Å²) < 4.78 is 35.5. The first-order chi connectivity index (χ1) is 7.79. The van der Waals surface area contributed by atoms with Crippen molar-refractivity contribution < 1.29 is 23.1 Å². The molecule has 1 fully saturated rings. The largest absolute Gasteiger partial charge is 0.405 e. The number of rotatable bonds is 6. The minimum Gasteiger partial charge on any atom is -0.392 e. The van der Waals surface area contributed by atoms with Gasteiger partial charge >= 0.3 is 6.18 Å². The average molecular weight is 254 g/mol. The molecule has 0 aromatic rings. The molecule has 0 saturated heterocycles. The summed E-state index contributed by atoms with van der Waals surface area (Å²) in [6.07, 6.45) is -2.98. The Kier molecular flexibility index (Phi) is 4.76. The summed E-state index contributed by atoms with van der Waals surface area (Å²) >= 11 is 0. The average Bonchev–Trinajstić information content (AvgIpc) is 3.04. The molecule has 0 heterocycles. The van der Waals surface area contributed by atoms with Crippen molar-refractivity contribution in [2.75, 3.05) is 13.1 Å². The van der Waals surface area contributed by atoms with E-state index in [9.17, 15) is 23.1 Å². The summed E-state index contributed by atoms with van der Waals surface area (Å²) in [5.74, 6) is -0.446. The van der Waals surface area contributed by atoms with Gasteiger partial charge in [-0.05, 0) is 25.7 Å². The minimum atomic E-state index is -4.40. The monoisotopic (exact) mass is 254 g/mol. The van der Waals surface area contributed by atoms with Gasteiger partial charge in [0.05, 0.1) is 12.1 Å². The highest BCUT2D eigenvalue weighted by molar-refractivity contribution is 5.81. The topological polar surface area (TPSA) is 61.4 Å². The van der Waals surface area contributed by atoms with E-state index in [1.807, 2.05) is 0 Å². The van der Waals surface area contributed by atoms with Crippen LogP contribution >= 0.6 is 0 Å². The Labute approximate surface area is 97.6 Å². The number of halogens is 3. The first-order valence-electron chi connectivity index (χ1n) is 5.55. The highest BCUT2D eigenvalue weighted by Gasteiger charge is 2.31. The molecule has 0 spiro atoms. The molecule has 17 heavy (non-hydrogen) atoms. The van der Waals surface area contributed by atoms with E-state index in [1.54, 1.807) is 5.32 Å². The van der Waals surface area contributed by atoms with E-state index < -0.39 is 30.8 Å². The third kappa shape index (κ3) is 5.88. The zero-order valence-corrected chi connectivity index (χ0v) is 9.55. The van der Waals surface area contributed by atoms with Crippen molar-refractivity contribution >= 4 is 5.91 Å². The number of hydrogen-bond donors (Lipinski definition) is 3. The van der Waals surface area contributed by atoms with Gasteiger partial charge in [-0.1, -0.05) is 0 Å². The number of carbonyl (C=O) groups is 1. The van der Waals surface area contributed by atoms with Crippen LogP contribution in [0.5, 0.6) is 0 Å². The van der Waals surface area contributed by atoms with Crippen molar-refractivity contribution in [3.8, 4) is 0 Å². The van der Waals surface area contributed by atoms with Crippen molar-refractivity contribution in [2.45, 2.75) is 38.1 Å². The quantitative estimate of drug-likeness (QED) is 0.643. The lowest BCUT2D eigenvalue weighted by Gasteiger charge is -2.17. The van der Waals surface area contributed by atoms with Crippen LogP contribution in [0.4, 0.5) is 13.2 Å². The Balaban J connectivity index is 2.17. The third-order valence-electron chi connectivity index (χ3n) is 2.66. The van der Waals surface area contributed by atoms with Crippen LogP contribution in [0.15, 0.2) is 0 Å². The van der Waals surface area contributed by atoms with Crippen LogP contribution < -0.4 is 10.6 Å². The zero-order valence-electron chi connectivity index (χ0n) is 9.55. The molecule has 1 aliphatic carbocycles. The van der Waals surface area contributed by atoms with Gasteiger partial charge in [0.15, 0.2) is 0 Å². The second-order valence-electron chi connectivity index (χ2n) is 4.37. The Bertz CT molecular complexity index is 267. The molecule has 7 heteroatoms. The minimum absolute atomic E-state index is 0.227. The molecule has 1 aliphatic rings. The van der Waals surface area contributed by atoms with Crippen molar-refractivity contribution in [1.82, 2.24) is 10.6 Å². The molecule has 0 aromatic heterocycles. The van der Waals surface area contributed by atoms with Crippen LogP contribution in [0.3, 0.4) is 0 Å². The van der Waals surface area contributed by atoms with Gasteiger partial charge in [0, 0.05) is 6.54 Å². The maximum Gasteiger partial charge on any atom is 0.405 e. The van der Waals surface area contributed by atoms with Crippen LogP contribution in [0.25, 0.3) is 0 Å². The first-order valence-corrected chi connectivity index (χ1v) is 5.55. The molecular formula is C10H17F3N2O2. The van der Waals surface area contributed by atoms with E-state index in [0.717, 1.165) is 12.8 Å². The molecule has 100 valence electrons. The SMILES string of the molecule is CC(NCC(O)C1CC1)C(=O)NCC(F)(F)F. The number of aliphatic hydroxyl groups excluding tert-OH is 1. The first kappa shape index (κ1) is 14.2. The molecule has 2 atom stereocenters. The van der Waals surface area contributed by atoms with Crippen LogP contribution in [0, 0.1) is 5.92 Å². The fourth-order valence-electron chi connectivity index (χ4n) is 1.38. The van der Waals surface area contributed by atoms with Gasteiger partial charge in [0.1, 0.15) is 6.54 Å². The van der Waals surface area contributed by atoms with E-state index in [4.69, 9.17) is 0 Å². The van der Waals surface area contributed by atoms with Gasteiger partial charge in [-0.15, -0.1) is 0 Å². The molecule has 0 aliphatic heterocycles. The zero-order chi connectivity index (χ0) is 13.1. The normalized spacial score (nSPS) is 19.8. The lowest BCUT2D eigenvalue weighted by atomic mass is 10.2. The highest BCUT2D eigenvalue weighted by atomic mass is 19.4. The van der Waals surface area contributed by atoms with Crippen LogP contribution in [0.2, 0.25) is 0 Å². The molecule has 1 saturated carbocycles. The summed E-state index contributed by atoms with van der Waals surface area (Å²) in [5, 5.41) is 14.0. The van der Waals surface area contributed by atoms with Crippen molar-refractivity contribution in [2.24, 2.45) is 5.92 Å². The summed E-state index contributed by atoms with van der Waals surface area (Å²) in [7, 11) is 0. The lowest BCUT2D eigenvalue weighted by molar-refractivity contribution is -0.139. The van der Waals surface area contributed by atoms with Gasteiger partial charge in [0.25, 0.3) is 0 Å². The van der Waals surface area contributed by atoms with Crippen molar-refractivity contribution in [3.63, 3.8) is 0 Å². The summed E-state index contributed by atoms with van der Waals surface area (Å²) in [6, 6.07) is -0.745. The summed E-state index contributed by atoms with van der Waals surface area (Å²) in [4.78, 5) is 11.2. The Morgan fingerprint density at radius 3 is 2.53 bits per heavy atom. The van der Waals surface area contributed by atoms with Crippen molar-refractivity contribution in [3.05, 3.63) is 0 Å². The molecule has 0 radical (unpaired) electrons. The molecule has 3 N–H and O–H groups in total. The second-order valence-corrected chi connectivity index (χ2v) is 4.37. The molecule has 4 nitrogen and oxygen atoms in total. The van der Waals surface area contributed by atoms with E-state index in [-0.39, 0.29) is 12.5 Å². The molecule has 2 unspecified atom stereocenters. The number of nitrogens with one attached hydrogen (secondary N) is 2. The van der Waals surface area contributed by atoms with Crippen LogP contribution in [0.1, 0.15) is 19.8 Å². The molecular weight excluding hydrogens is 237 g/mol. The van der Waals surface area contributed by atoms with E-state index in [2.05, 4.69) is 5.32 Å². The van der Waals surface area contributed by atoms with Crippen LogP contribution in [-0.2, 0) is 4.79 Å². The molecule has 1 amide bonds. The van der Waals surface area contributed by atoms with Gasteiger partial charge in [-0.25, -0.2) is 0 Å². The molecule has 0 bridgehead atoms. The highest BCUT2D eigenvalue weighted by Crippen LogP contribution is 2.32. The Morgan fingerprint density at radius 1 is 1.47 bits per heavy atom. The number of hydrogen-bond acceptors (Lipinski definition) is 3. The maximum absolute atomic E-state index is 11.8. The number of amides is 1. The Hall–Kier alpha value is -0.820. The fraction of sp³-hybridized carbons (Fsp3) is 0.900. The van der Waals surface area contributed by atoms with E-state index >= 15 is 0 Å². The van der Waals surface area contributed by atoms with E-state index in [1.165, 1.54) is 6.92 Å². The van der Waals surface area contributed by atoms with E-state index in [0.29, 0.717) is 0 Å². The summed E-state index contributed by atoms with van der Waals surface area (Å²) in [5.41, 5.74) is 0. The number of aliphatic hydroxyl groups is 1. The van der Waals surface area contributed by atoms with Gasteiger partial charge in [-0.2, -0.15) is 13.2 Å². The second kappa shape index (κ2) is 5.68. The maximum atomic E-state index is 11.8. The predicted octanol–water partition coefficient (Wildman–Crippen LogP) is 0.414. The predicted molar refractivity (Wildman–Crippen MR) is 55.3 cm³/mol. The van der Waals surface area contributed by atoms with Gasteiger partial charge in [-0.3, -0.25) is 4.79 Å². The van der Waals surface area contributed by atoms with Crippen LogP contribution in [-0.4, -0.2) is 42.4 Å². The summed E-state index contributed by atoms with van der Waals surface area (Å²) in [6.45, 7) is 0.361. The Morgan fingerprint density at radius 2 is 2.06 bits per heavy atom. The smallest absolute Gasteiger partial charge is 0.392 e. The third-order valence-corrected chi connectivity index (χ3v) is 2.66. The van der Waals surface area contributed by atoms with Crippen molar-refractivity contribution in [1.29, 1.82) is 0 Å². The molecule has 1 rings (SSSR count). The number of alkyl halides is 3. The fourth-order valence-corrected chi connectivity index (χ4v) is 1.38. The number of carbonyl (C=O) groups excluding carboxylic acids is 1. The molecule has 0 aromatic carbocycles. The van der Waals surface area contributed by atoms with Gasteiger partial charge < -0.3 is 15.7 Å². The lowest BCUT2D eigenvalue weighted by Crippen LogP contribution is -2.47.